The van der Waals surface area contributed by atoms with Gasteiger partial charge in [-0.05, 0) is 49.7 Å². The largest absolute Gasteiger partial charge is 0.744 e. The average Bonchev–Trinajstić information content (AvgIpc) is 3.98. The fourth-order valence-corrected chi connectivity index (χ4v) is 13.7. The molecule has 4 aliphatic heterocycles. The molecule has 0 aliphatic carbocycles. The monoisotopic (exact) mass is 1020 g/mol. The number of thiophene rings is 2. The molecular weight excluding hydrogens is 989 g/mol. The van der Waals surface area contributed by atoms with E-state index in [9.17, 15) is 45.6 Å². The smallest absolute Gasteiger partial charge is 0.343 e. The quantitative estimate of drug-likeness (QED) is 0.0348. The molecule has 6 heterocycles. The first-order valence-electron chi connectivity index (χ1n) is 19.3. The van der Waals surface area contributed by atoms with E-state index < -0.39 is 86.0 Å². The zero-order valence-corrected chi connectivity index (χ0v) is 39.8. The Morgan fingerprint density at radius 1 is 0.894 bits per heavy atom. The van der Waals surface area contributed by atoms with Gasteiger partial charge in [-0.2, -0.15) is 4.33 Å². The Morgan fingerprint density at radius 3 is 2.23 bits per heavy atom. The van der Waals surface area contributed by atoms with Crippen molar-refractivity contribution in [2.24, 2.45) is 0 Å². The van der Waals surface area contributed by atoms with E-state index in [1.54, 1.807) is 56.8 Å². The van der Waals surface area contributed by atoms with Gasteiger partial charge in [0.1, 0.15) is 59.5 Å². The van der Waals surface area contributed by atoms with Gasteiger partial charge in [-0.25, -0.2) is 35.0 Å². The molecule has 66 heavy (non-hydrogen) atoms. The van der Waals surface area contributed by atoms with Crippen LogP contribution in [0.3, 0.4) is 0 Å². The number of fused-ring (bicyclic) bond motifs is 8. The number of imide groups is 1. The first-order chi connectivity index (χ1) is 30.8. The molecule has 2 aromatic heterocycles. The van der Waals surface area contributed by atoms with Gasteiger partial charge in [-0.15, -0.1) is 39.5 Å². The van der Waals surface area contributed by atoms with Crippen LogP contribution in [0.25, 0.3) is 26.5 Å². The Labute approximate surface area is 390 Å². The Balaban J connectivity index is 1.36. The first kappa shape index (κ1) is 46.3. The number of anilines is 1. The van der Waals surface area contributed by atoms with E-state index in [2.05, 4.69) is 9.37 Å². The van der Waals surface area contributed by atoms with E-state index in [0.717, 1.165) is 5.56 Å². The maximum atomic E-state index is 17.6. The summed E-state index contributed by atoms with van der Waals surface area (Å²) < 4.78 is 124. The molecule has 3 aromatic carbocycles. The summed E-state index contributed by atoms with van der Waals surface area (Å²) in [5.74, 6) is -6.76. The molecule has 0 atom stereocenters. The summed E-state index contributed by atoms with van der Waals surface area (Å²) in [4.78, 5) is 42.6. The van der Waals surface area contributed by atoms with Crippen LogP contribution in [-0.4, -0.2) is 68.6 Å². The maximum Gasteiger partial charge on any atom is 0.343 e. The highest BCUT2D eigenvalue weighted by Crippen LogP contribution is 2.55. The highest BCUT2D eigenvalue weighted by molar-refractivity contribution is 8.00. The summed E-state index contributed by atoms with van der Waals surface area (Å²) in [5, 5.41) is 15.0. The molecule has 0 bridgehead atoms. The molecule has 0 spiro atoms. The van der Waals surface area contributed by atoms with Crippen molar-refractivity contribution in [1.29, 1.82) is 0 Å². The molecule has 1 saturated heterocycles. The third kappa shape index (κ3) is 7.35. The Bertz CT molecular complexity index is 3390. The van der Waals surface area contributed by atoms with Crippen LogP contribution in [0.1, 0.15) is 62.8 Å². The first-order valence-corrected chi connectivity index (χ1v) is 25.5. The molecule has 0 saturated carbocycles. The lowest BCUT2D eigenvalue weighted by Gasteiger charge is -2.43. The third-order valence-electron chi connectivity index (χ3n) is 12.2. The Hall–Kier alpha value is -4.80. The molecule has 0 radical (unpaired) electrons. The molecular formula is C41H31F2N3O14S6-2. The SMILES string of the molecule is CN1c2cc3c(cc2-c2sc(SOO[O-])cc2C1(C)C)C(c1c(F)c(SCC(=O)ON2C(=O)CCC2=O)cc(F)c1S(=O)(=O)[O-])=c1cc2c(cc1O3)=[N+](C)C(C)(C)c1cc(S(=O)(=O)[O-])sc1-2. The molecule has 0 N–H and O–H groups in total. The van der Waals surface area contributed by atoms with Crippen LogP contribution in [-0.2, 0) is 59.9 Å². The number of hydroxylamine groups is 2. The van der Waals surface area contributed by atoms with Gasteiger partial charge < -0.3 is 28.8 Å². The van der Waals surface area contributed by atoms with Crippen molar-refractivity contribution < 1.29 is 73.3 Å². The van der Waals surface area contributed by atoms with Crippen LogP contribution in [0.5, 0.6) is 11.5 Å². The van der Waals surface area contributed by atoms with Gasteiger partial charge in [0.25, 0.3) is 11.8 Å². The number of amides is 2. The van der Waals surface area contributed by atoms with Crippen LogP contribution >= 0.6 is 46.5 Å². The second-order valence-electron chi connectivity index (χ2n) is 16.4. The highest BCUT2D eigenvalue weighted by atomic mass is 32.3. The van der Waals surface area contributed by atoms with Crippen molar-refractivity contribution in [3.8, 4) is 32.4 Å². The topological polar surface area (TPSA) is 235 Å². The number of benzene rings is 3. The lowest BCUT2D eigenvalue weighted by atomic mass is 9.83. The summed E-state index contributed by atoms with van der Waals surface area (Å²) in [6.45, 7) is 7.46. The van der Waals surface area contributed by atoms with Gasteiger partial charge in [-0.1, -0.05) is 0 Å². The van der Waals surface area contributed by atoms with Gasteiger partial charge in [0, 0.05) is 88.3 Å². The number of halogens is 2. The van der Waals surface area contributed by atoms with Crippen LogP contribution in [0, 0.1) is 11.6 Å². The summed E-state index contributed by atoms with van der Waals surface area (Å²) in [6, 6.07) is 9.63. The van der Waals surface area contributed by atoms with Crippen LogP contribution in [0.15, 0.2) is 60.7 Å². The van der Waals surface area contributed by atoms with Crippen molar-refractivity contribution in [3.63, 3.8) is 0 Å². The molecule has 1 fully saturated rings. The highest BCUT2D eigenvalue weighted by Gasteiger charge is 2.43. The molecule has 9 rings (SSSR count). The van der Waals surface area contributed by atoms with E-state index in [1.165, 1.54) is 23.5 Å². The van der Waals surface area contributed by atoms with Crippen LogP contribution in [0.4, 0.5) is 14.5 Å². The van der Waals surface area contributed by atoms with Crippen LogP contribution in [0.2, 0.25) is 0 Å². The number of ether oxygens (including phenoxy) is 1. The van der Waals surface area contributed by atoms with Crippen molar-refractivity contribution in [1.82, 2.24) is 9.64 Å². The fourth-order valence-electron chi connectivity index (χ4n) is 8.45. The second kappa shape index (κ2) is 15.9. The summed E-state index contributed by atoms with van der Waals surface area (Å²) in [6.07, 6.45) is -0.419. The number of nitrogens with zero attached hydrogens (tertiary/aromatic N) is 3. The number of rotatable bonds is 10. The average molecular weight is 1020 g/mol. The predicted octanol–water partition coefficient (Wildman–Crippen LogP) is 4.57. The van der Waals surface area contributed by atoms with Crippen molar-refractivity contribution in [2.75, 3.05) is 24.7 Å². The van der Waals surface area contributed by atoms with E-state index in [-0.39, 0.29) is 45.8 Å². The predicted molar refractivity (Wildman–Crippen MR) is 230 cm³/mol. The Morgan fingerprint density at radius 2 is 1.58 bits per heavy atom. The second-order valence-corrected chi connectivity index (χ2v) is 23.4. The van der Waals surface area contributed by atoms with Gasteiger partial charge >= 0.3 is 5.97 Å². The maximum absolute atomic E-state index is 17.6. The van der Waals surface area contributed by atoms with E-state index in [4.69, 9.17) is 9.57 Å². The lowest BCUT2D eigenvalue weighted by molar-refractivity contribution is -0.777. The number of thioether (sulfide) groups is 1. The lowest BCUT2D eigenvalue weighted by Crippen LogP contribution is -2.46. The number of hydrogen-bond donors (Lipinski definition) is 0. The third-order valence-corrected chi connectivity index (χ3v) is 18.3. The number of carbonyl (C=O) groups excluding carboxylic acids is 3. The van der Waals surface area contributed by atoms with E-state index in [0.29, 0.717) is 82.9 Å². The minimum absolute atomic E-state index is 0.0152. The van der Waals surface area contributed by atoms with E-state index >= 15 is 8.78 Å². The minimum Gasteiger partial charge on any atom is -0.744 e. The number of hydrogen-bond acceptors (Lipinski definition) is 19. The summed E-state index contributed by atoms with van der Waals surface area (Å²) in [7, 11) is -7.34. The fraction of sp³-hybridized carbons (Fsp3) is 0.268. The molecule has 4 aliphatic rings. The van der Waals surface area contributed by atoms with Crippen molar-refractivity contribution in [2.45, 2.75) is 69.8 Å². The normalized spacial score (nSPS) is 16.9. The standard InChI is InChI=1S/C41H33F2N3O14S6/c1-40(2)21-11-32(64-60-59-50)62-37(21)17-9-19-26(14-24(17)44(40)5)57-27-15-25-18(38-22(41(3,4)45(25)6)12-33(63-38)65(51,52)53)10-20(27)34(19)35-36(43)28(13-23(42)39(35)66(54,55)56)61-16-31(49)58-46-29(47)7-8-30(46)48/h9-15H,7-8,16H2,1-6H3,(H2-,50,51,52,53,54,55,56)/p-2. The molecule has 17 nitrogen and oxygen atoms in total. The zero-order chi connectivity index (χ0) is 47.7. The van der Waals surface area contributed by atoms with Crippen molar-refractivity contribution >= 4 is 95.8 Å². The molecule has 0 unspecified atom stereocenters. The van der Waals surface area contributed by atoms with Crippen LogP contribution < -0.4 is 30.0 Å². The van der Waals surface area contributed by atoms with Gasteiger partial charge in [0.2, 0.25) is 5.36 Å². The molecule has 346 valence electrons. The van der Waals surface area contributed by atoms with Gasteiger partial charge in [0.05, 0.1) is 44.1 Å². The summed E-state index contributed by atoms with van der Waals surface area (Å²) in [5.41, 5.74) is -0.544. The Kier molecular flexibility index (Phi) is 11.2. The number of carbonyl (C=O) groups is 3. The van der Waals surface area contributed by atoms with E-state index in [1.807, 2.05) is 18.7 Å². The molecule has 5 aromatic rings. The van der Waals surface area contributed by atoms with Gasteiger partial charge in [-0.3, -0.25) is 14.6 Å². The summed E-state index contributed by atoms with van der Waals surface area (Å²) >= 11 is 2.87. The van der Waals surface area contributed by atoms with Gasteiger partial charge in [0.15, 0.2) is 5.54 Å². The minimum atomic E-state index is -5.89. The molecule has 2 amide bonds. The van der Waals surface area contributed by atoms with Crippen molar-refractivity contribution in [3.05, 3.63) is 86.9 Å². The zero-order valence-electron chi connectivity index (χ0n) is 34.9. The molecule has 25 heteroatoms.